The number of aryl methyl sites for hydroxylation is 2. The zero-order chi connectivity index (χ0) is 17.1. The Hall–Kier alpha value is -1.34. The number of hydrogen-bond acceptors (Lipinski definition) is 5. The fraction of sp³-hybridized carbons (Fsp3) is 0.562. The maximum Gasteiger partial charge on any atom is 0.263 e. The Bertz CT molecular complexity index is 780. The third kappa shape index (κ3) is 3.61. The first-order chi connectivity index (χ1) is 10.9. The van der Waals surface area contributed by atoms with E-state index < -0.39 is 0 Å². The molecule has 5 nitrogen and oxygen atoms in total. The van der Waals surface area contributed by atoms with Gasteiger partial charge in [-0.3, -0.25) is 14.2 Å². The smallest absolute Gasteiger partial charge is 0.263 e. The van der Waals surface area contributed by atoms with E-state index in [1.807, 2.05) is 34.6 Å². The molecule has 0 radical (unpaired) electrons. The van der Waals surface area contributed by atoms with Gasteiger partial charge in [0.1, 0.15) is 4.83 Å². The van der Waals surface area contributed by atoms with Gasteiger partial charge in [0.05, 0.1) is 10.6 Å². The molecule has 1 N–H and O–H groups in total. The SMILES string of the molecule is CCCNC(=O)[C@@H](C)Sc1nc2sc(C)c(C)c2c(=O)n1CC. The van der Waals surface area contributed by atoms with E-state index in [0.29, 0.717) is 23.6 Å². The third-order valence-electron chi connectivity index (χ3n) is 3.77. The number of carbonyl (C=O) groups is 1. The number of nitrogens with one attached hydrogen (secondary N) is 1. The molecule has 23 heavy (non-hydrogen) atoms. The number of fused-ring (bicyclic) bond motifs is 1. The Morgan fingerprint density at radius 1 is 1.39 bits per heavy atom. The van der Waals surface area contributed by atoms with Gasteiger partial charge >= 0.3 is 0 Å². The van der Waals surface area contributed by atoms with Crippen LogP contribution in [0.25, 0.3) is 10.2 Å². The van der Waals surface area contributed by atoms with Crippen LogP contribution in [0.5, 0.6) is 0 Å². The van der Waals surface area contributed by atoms with Crippen molar-refractivity contribution in [3.05, 3.63) is 20.8 Å². The van der Waals surface area contributed by atoms with Gasteiger partial charge in [-0.2, -0.15) is 0 Å². The lowest BCUT2D eigenvalue weighted by molar-refractivity contribution is -0.120. The molecule has 0 fully saturated rings. The minimum Gasteiger partial charge on any atom is -0.355 e. The molecule has 0 aliphatic carbocycles. The summed E-state index contributed by atoms with van der Waals surface area (Å²) in [5.74, 6) is -0.0209. The molecule has 2 aromatic heterocycles. The summed E-state index contributed by atoms with van der Waals surface area (Å²) < 4.78 is 1.66. The van der Waals surface area contributed by atoms with Gasteiger partial charge in [-0.1, -0.05) is 18.7 Å². The van der Waals surface area contributed by atoms with Crippen molar-refractivity contribution in [2.45, 2.75) is 58.0 Å². The first-order valence-electron chi connectivity index (χ1n) is 7.85. The monoisotopic (exact) mass is 353 g/mol. The molecule has 0 bridgehead atoms. The fourth-order valence-corrected chi connectivity index (χ4v) is 4.35. The van der Waals surface area contributed by atoms with Gasteiger partial charge < -0.3 is 5.32 Å². The topological polar surface area (TPSA) is 64.0 Å². The van der Waals surface area contributed by atoms with Gasteiger partial charge in [-0.25, -0.2) is 4.98 Å². The lowest BCUT2D eigenvalue weighted by atomic mass is 10.2. The summed E-state index contributed by atoms with van der Waals surface area (Å²) in [6, 6.07) is 0. The number of amides is 1. The van der Waals surface area contributed by atoms with Crippen LogP contribution >= 0.6 is 23.1 Å². The van der Waals surface area contributed by atoms with E-state index in [2.05, 4.69) is 10.3 Å². The van der Waals surface area contributed by atoms with Crippen molar-refractivity contribution in [2.24, 2.45) is 0 Å². The van der Waals surface area contributed by atoms with Crippen molar-refractivity contribution in [3.63, 3.8) is 0 Å². The maximum atomic E-state index is 12.8. The van der Waals surface area contributed by atoms with E-state index in [4.69, 9.17) is 0 Å². The molecule has 2 heterocycles. The summed E-state index contributed by atoms with van der Waals surface area (Å²) in [5, 5.41) is 3.92. The fourth-order valence-electron chi connectivity index (χ4n) is 2.28. The summed E-state index contributed by atoms with van der Waals surface area (Å²) in [5.41, 5.74) is 0.998. The number of hydrogen-bond donors (Lipinski definition) is 1. The second-order valence-corrected chi connectivity index (χ2v) is 7.97. The quantitative estimate of drug-likeness (QED) is 0.640. The summed E-state index contributed by atoms with van der Waals surface area (Å²) in [6.07, 6.45) is 0.904. The minimum atomic E-state index is -0.286. The van der Waals surface area contributed by atoms with E-state index in [1.54, 1.807) is 4.57 Å². The summed E-state index contributed by atoms with van der Waals surface area (Å²) >= 11 is 2.88. The molecule has 2 aromatic rings. The number of thioether (sulfide) groups is 1. The van der Waals surface area contributed by atoms with Gasteiger partial charge in [0.2, 0.25) is 5.91 Å². The van der Waals surface area contributed by atoms with Crippen LogP contribution in [0.4, 0.5) is 0 Å². The number of nitrogens with zero attached hydrogens (tertiary/aromatic N) is 2. The molecular weight excluding hydrogens is 330 g/mol. The van der Waals surface area contributed by atoms with Crippen LogP contribution in [0, 0.1) is 13.8 Å². The third-order valence-corrected chi connectivity index (χ3v) is 5.96. The molecule has 0 aromatic carbocycles. The normalized spacial score (nSPS) is 12.6. The molecule has 7 heteroatoms. The number of thiophene rings is 1. The number of rotatable bonds is 6. The largest absolute Gasteiger partial charge is 0.355 e. The molecule has 2 rings (SSSR count). The molecule has 1 atom stereocenters. The van der Waals surface area contributed by atoms with Crippen molar-refractivity contribution >= 4 is 39.2 Å². The van der Waals surface area contributed by atoms with Crippen molar-refractivity contribution in [1.29, 1.82) is 0 Å². The van der Waals surface area contributed by atoms with Crippen molar-refractivity contribution in [2.75, 3.05) is 6.54 Å². The van der Waals surface area contributed by atoms with Crippen LogP contribution in [0.1, 0.15) is 37.6 Å². The first kappa shape index (κ1) is 18.0. The highest BCUT2D eigenvalue weighted by atomic mass is 32.2. The summed E-state index contributed by atoms with van der Waals surface area (Å²) in [6.45, 7) is 11.0. The average Bonchev–Trinajstić information content (AvgIpc) is 2.79. The number of carbonyl (C=O) groups excluding carboxylic acids is 1. The molecular formula is C16H23N3O2S2. The van der Waals surface area contributed by atoms with Gasteiger partial charge in [0.25, 0.3) is 5.56 Å². The van der Waals surface area contributed by atoms with Crippen LogP contribution in [-0.2, 0) is 11.3 Å². The zero-order valence-electron chi connectivity index (χ0n) is 14.2. The zero-order valence-corrected chi connectivity index (χ0v) is 15.9. The van der Waals surface area contributed by atoms with Crippen LogP contribution in [0.2, 0.25) is 0 Å². The molecule has 0 spiro atoms. The maximum absolute atomic E-state index is 12.8. The van der Waals surface area contributed by atoms with Crippen LogP contribution in [-0.4, -0.2) is 27.3 Å². The van der Waals surface area contributed by atoms with Crippen molar-refractivity contribution < 1.29 is 4.79 Å². The Kier molecular flexibility index (Phi) is 5.86. The standard InChI is InChI=1S/C16H23N3O2S2/c1-6-8-17-13(20)11(5)23-16-18-14-12(9(3)10(4)22-14)15(21)19(16)7-2/h11H,6-8H2,1-5H3,(H,17,20)/t11-/m1/s1. The van der Waals surface area contributed by atoms with Crippen molar-refractivity contribution in [3.8, 4) is 0 Å². The summed E-state index contributed by atoms with van der Waals surface area (Å²) in [4.78, 5) is 31.4. The molecule has 0 saturated carbocycles. The summed E-state index contributed by atoms with van der Waals surface area (Å²) in [7, 11) is 0. The van der Waals surface area contributed by atoms with Crippen LogP contribution in [0.15, 0.2) is 9.95 Å². The molecule has 0 saturated heterocycles. The predicted octanol–water partition coefficient (Wildman–Crippen LogP) is 3.10. The highest BCUT2D eigenvalue weighted by Gasteiger charge is 2.20. The van der Waals surface area contributed by atoms with Gasteiger partial charge in [0, 0.05) is 18.0 Å². The highest BCUT2D eigenvalue weighted by molar-refractivity contribution is 8.00. The van der Waals surface area contributed by atoms with Crippen LogP contribution in [0.3, 0.4) is 0 Å². The van der Waals surface area contributed by atoms with Crippen molar-refractivity contribution in [1.82, 2.24) is 14.9 Å². The molecule has 1 amide bonds. The molecule has 0 aliphatic rings. The van der Waals surface area contributed by atoms with E-state index >= 15 is 0 Å². The molecule has 126 valence electrons. The second-order valence-electron chi connectivity index (χ2n) is 5.46. The molecule has 0 aliphatic heterocycles. The van der Waals surface area contributed by atoms with Crippen LogP contribution < -0.4 is 10.9 Å². The lowest BCUT2D eigenvalue weighted by Crippen LogP contribution is -2.32. The Morgan fingerprint density at radius 3 is 2.70 bits per heavy atom. The van der Waals surface area contributed by atoms with Gasteiger partial charge in [-0.05, 0) is 39.7 Å². The predicted molar refractivity (Wildman–Crippen MR) is 97.6 cm³/mol. The Morgan fingerprint density at radius 2 is 2.09 bits per heavy atom. The van der Waals surface area contributed by atoms with E-state index in [0.717, 1.165) is 21.7 Å². The number of aromatic nitrogens is 2. The van der Waals surface area contributed by atoms with E-state index in [-0.39, 0.29) is 16.7 Å². The Balaban J connectivity index is 2.41. The highest BCUT2D eigenvalue weighted by Crippen LogP contribution is 2.29. The molecule has 0 unspecified atom stereocenters. The Labute approximate surface area is 144 Å². The lowest BCUT2D eigenvalue weighted by Gasteiger charge is -2.14. The van der Waals surface area contributed by atoms with E-state index in [1.165, 1.54) is 23.1 Å². The minimum absolute atomic E-state index is 0.0111. The van der Waals surface area contributed by atoms with Gasteiger partial charge in [0.15, 0.2) is 5.16 Å². The van der Waals surface area contributed by atoms with E-state index in [9.17, 15) is 9.59 Å². The van der Waals surface area contributed by atoms with Gasteiger partial charge in [-0.15, -0.1) is 11.3 Å². The first-order valence-corrected chi connectivity index (χ1v) is 9.55. The second kappa shape index (κ2) is 7.49. The average molecular weight is 354 g/mol.